The third kappa shape index (κ3) is 4.86. The lowest BCUT2D eigenvalue weighted by molar-refractivity contribution is -0.130. The van der Waals surface area contributed by atoms with Crippen molar-refractivity contribution in [2.75, 3.05) is 11.1 Å². The van der Waals surface area contributed by atoms with Gasteiger partial charge in [0.2, 0.25) is 5.13 Å². The number of hydrazone groups is 1. The molecule has 1 atom stereocenters. The number of amides is 1. The van der Waals surface area contributed by atoms with Crippen molar-refractivity contribution in [3.05, 3.63) is 46.5 Å². The van der Waals surface area contributed by atoms with Crippen LogP contribution in [0.5, 0.6) is 0 Å². The first-order valence-electron chi connectivity index (χ1n) is 10.5. The summed E-state index contributed by atoms with van der Waals surface area (Å²) in [7, 11) is 0. The van der Waals surface area contributed by atoms with Crippen LogP contribution in [0.25, 0.3) is 0 Å². The van der Waals surface area contributed by atoms with E-state index >= 15 is 0 Å². The fraction of sp³-hybridized carbons (Fsp3) is 0.429. The van der Waals surface area contributed by atoms with Crippen LogP contribution in [0, 0.1) is 0 Å². The van der Waals surface area contributed by atoms with Gasteiger partial charge < -0.3 is 9.73 Å². The number of thioether (sulfide) groups is 1. The van der Waals surface area contributed by atoms with Gasteiger partial charge in [0.1, 0.15) is 11.5 Å². The molecule has 0 aromatic carbocycles. The second-order valence-corrected chi connectivity index (χ2v) is 10.8. The van der Waals surface area contributed by atoms with Crippen LogP contribution in [-0.2, 0) is 4.79 Å². The van der Waals surface area contributed by atoms with Crippen molar-refractivity contribution in [2.24, 2.45) is 5.10 Å². The van der Waals surface area contributed by atoms with E-state index in [0.29, 0.717) is 18.2 Å². The molecule has 5 rings (SSSR count). The summed E-state index contributed by atoms with van der Waals surface area (Å²) in [6.45, 7) is 0. The van der Waals surface area contributed by atoms with Gasteiger partial charge in [0.05, 0.1) is 18.1 Å². The van der Waals surface area contributed by atoms with Crippen LogP contribution in [0.15, 0.2) is 49.8 Å². The monoisotopic (exact) mass is 473 g/mol. The van der Waals surface area contributed by atoms with E-state index in [9.17, 15) is 4.79 Å². The molecule has 31 heavy (non-hydrogen) atoms. The van der Waals surface area contributed by atoms with Crippen molar-refractivity contribution in [1.29, 1.82) is 0 Å². The Morgan fingerprint density at radius 2 is 2.13 bits per heavy atom. The number of carbonyl (C=O) groups excluding carboxylic acids is 1. The van der Waals surface area contributed by atoms with Gasteiger partial charge in [-0.25, -0.2) is 5.01 Å². The number of thiophene rings is 1. The van der Waals surface area contributed by atoms with E-state index in [-0.39, 0.29) is 17.7 Å². The number of carbonyl (C=O) groups is 1. The lowest BCUT2D eigenvalue weighted by atomic mass is 9.96. The largest absolute Gasteiger partial charge is 0.463 e. The van der Waals surface area contributed by atoms with E-state index < -0.39 is 0 Å². The molecule has 1 amide bonds. The van der Waals surface area contributed by atoms with E-state index in [2.05, 4.69) is 26.7 Å². The van der Waals surface area contributed by atoms with Crippen molar-refractivity contribution in [3.8, 4) is 0 Å². The SMILES string of the molecule is O=C(CSc1nnc(NC2CCCCC2)s1)N1N=C(c2ccco2)CC1c1cccs1. The van der Waals surface area contributed by atoms with Crippen molar-refractivity contribution >= 4 is 51.2 Å². The molecule has 10 heteroatoms. The highest BCUT2D eigenvalue weighted by Gasteiger charge is 2.34. The van der Waals surface area contributed by atoms with Crippen molar-refractivity contribution in [2.45, 2.75) is 54.9 Å². The molecule has 0 spiro atoms. The molecule has 7 nitrogen and oxygen atoms in total. The lowest BCUT2D eigenvalue weighted by Crippen LogP contribution is -2.28. The fourth-order valence-corrected chi connectivity index (χ4v) is 6.46. The van der Waals surface area contributed by atoms with Crippen LogP contribution in [0.4, 0.5) is 5.13 Å². The first kappa shape index (κ1) is 20.7. The zero-order chi connectivity index (χ0) is 21.0. The normalized spacial score (nSPS) is 19.5. The number of hydrogen-bond acceptors (Lipinski definition) is 9. The predicted octanol–water partition coefficient (Wildman–Crippen LogP) is 5.41. The minimum atomic E-state index is -0.0915. The topological polar surface area (TPSA) is 83.6 Å². The van der Waals surface area contributed by atoms with Crippen LogP contribution >= 0.6 is 34.4 Å². The molecule has 162 valence electrons. The van der Waals surface area contributed by atoms with Crippen molar-refractivity contribution < 1.29 is 9.21 Å². The molecule has 1 unspecified atom stereocenters. The highest BCUT2D eigenvalue weighted by Crippen LogP contribution is 2.36. The fourth-order valence-electron chi connectivity index (χ4n) is 3.97. The standard InChI is InChI=1S/C21H23N5O2S3/c27-19(13-30-21-24-23-20(31-21)22-14-6-2-1-3-7-14)26-16(18-9-5-11-29-18)12-15(25-26)17-8-4-10-28-17/h4-5,8-11,14,16H,1-3,6-7,12-13H2,(H,22,23). The van der Waals surface area contributed by atoms with Gasteiger partial charge in [-0.2, -0.15) is 5.10 Å². The predicted molar refractivity (Wildman–Crippen MR) is 125 cm³/mol. The average Bonchev–Trinajstić information content (AvgIpc) is 3.59. The van der Waals surface area contributed by atoms with Crippen LogP contribution in [-0.4, -0.2) is 38.6 Å². The Labute approximate surface area is 192 Å². The summed E-state index contributed by atoms with van der Waals surface area (Å²) < 4.78 is 6.31. The van der Waals surface area contributed by atoms with Gasteiger partial charge in [0.15, 0.2) is 4.34 Å². The summed E-state index contributed by atoms with van der Waals surface area (Å²) in [6.07, 6.45) is 8.53. The number of nitrogens with zero attached hydrogens (tertiary/aromatic N) is 4. The van der Waals surface area contributed by atoms with Gasteiger partial charge in [0.25, 0.3) is 5.91 Å². The maximum absolute atomic E-state index is 13.1. The molecule has 0 saturated heterocycles. The first-order chi connectivity index (χ1) is 15.3. The minimum Gasteiger partial charge on any atom is -0.463 e. The zero-order valence-corrected chi connectivity index (χ0v) is 19.3. The Bertz CT molecular complexity index is 1030. The molecular formula is C21H23N5O2S3. The molecular weight excluding hydrogens is 450 g/mol. The van der Waals surface area contributed by atoms with Crippen molar-refractivity contribution in [1.82, 2.24) is 15.2 Å². The van der Waals surface area contributed by atoms with Crippen LogP contribution in [0.1, 0.15) is 55.2 Å². The molecule has 1 aliphatic heterocycles. The van der Waals surface area contributed by atoms with Crippen LogP contribution < -0.4 is 5.32 Å². The second-order valence-electron chi connectivity index (χ2n) is 7.64. The minimum absolute atomic E-state index is 0.0399. The molecule has 0 radical (unpaired) electrons. The van der Waals surface area contributed by atoms with Gasteiger partial charge in [-0.05, 0) is 36.4 Å². The number of aromatic nitrogens is 2. The Hall–Kier alpha value is -2.17. The van der Waals surface area contributed by atoms with Gasteiger partial charge >= 0.3 is 0 Å². The highest BCUT2D eigenvalue weighted by atomic mass is 32.2. The molecule has 1 N–H and O–H groups in total. The summed E-state index contributed by atoms with van der Waals surface area (Å²) in [6, 6.07) is 8.18. The summed E-state index contributed by atoms with van der Waals surface area (Å²) in [5.41, 5.74) is 0.802. The summed E-state index contributed by atoms with van der Waals surface area (Å²) in [5.74, 6) is 0.948. The summed E-state index contributed by atoms with van der Waals surface area (Å²) in [5, 5.41) is 21.1. The molecule has 1 aliphatic carbocycles. The number of anilines is 1. The Morgan fingerprint density at radius 1 is 1.23 bits per heavy atom. The van der Waals surface area contributed by atoms with E-state index in [1.165, 1.54) is 55.2 Å². The Balaban J connectivity index is 1.23. The number of furan rings is 1. The van der Waals surface area contributed by atoms with E-state index in [1.807, 2.05) is 23.6 Å². The third-order valence-electron chi connectivity index (χ3n) is 5.50. The van der Waals surface area contributed by atoms with E-state index in [4.69, 9.17) is 4.42 Å². The maximum atomic E-state index is 13.1. The zero-order valence-electron chi connectivity index (χ0n) is 16.9. The Morgan fingerprint density at radius 3 is 2.90 bits per heavy atom. The van der Waals surface area contributed by atoms with Gasteiger partial charge in [-0.15, -0.1) is 21.5 Å². The van der Waals surface area contributed by atoms with Gasteiger partial charge in [-0.3, -0.25) is 4.79 Å². The maximum Gasteiger partial charge on any atom is 0.253 e. The highest BCUT2D eigenvalue weighted by molar-refractivity contribution is 8.01. The number of rotatable bonds is 7. The van der Waals surface area contributed by atoms with E-state index in [1.54, 1.807) is 22.6 Å². The summed E-state index contributed by atoms with van der Waals surface area (Å²) in [4.78, 5) is 14.2. The van der Waals surface area contributed by atoms with Crippen LogP contribution in [0.3, 0.4) is 0 Å². The van der Waals surface area contributed by atoms with Gasteiger partial charge in [0, 0.05) is 17.3 Å². The Kier molecular flexibility index (Phi) is 6.37. The second kappa shape index (κ2) is 9.54. The molecule has 4 heterocycles. The molecule has 3 aromatic heterocycles. The molecule has 2 aliphatic rings. The van der Waals surface area contributed by atoms with Crippen molar-refractivity contribution in [3.63, 3.8) is 0 Å². The quantitative estimate of drug-likeness (QED) is 0.462. The molecule has 1 fully saturated rings. The van der Waals surface area contributed by atoms with Crippen LogP contribution in [0.2, 0.25) is 0 Å². The lowest BCUT2D eigenvalue weighted by Gasteiger charge is -2.21. The molecule has 3 aromatic rings. The number of hydrogen-bond donors (Lipinski definition) is 1. The summed E-state index contributed by atoms with van der Waals surface area (Å²) >= 11 is 4.58. The number of nitrogens with one attached hydrogen (secondary N) is 1. The van der Waals surface area contributed by atoms with Gasteiger partial charge in [-0.1, -0.05) is 48.4 Å². The molecule has 0 bridgehead atoms. The molecule has 1 saturated carbocycles. The average molecular weight is 474 g/mol. The smallest absolute Gasteiger partial charge is 0.253 e. The van der Waals surface area contributed by atoms with E-state index in [0.717, 1.165) is 20.1 Å². The first-order valence-corrected chi connectivity index (χ1v) is 13.1. The third-order valence-corrected chi connectivity index (χ3v) is 8.45.